The Bertz CT molecular complexity index is 761. The van der Waals surface area contributed by atoms with Crippen molar-refractivity contribution in [1.82, 2.24) is 9.80 Å². The van der Waals surface area contributed by atoms with Crippen LogP contribution >= 0.6 is 0 Å². The monoisotopic (exact) mass is 358 g/mol. The first kappa shape index (κ1) is 17.2. The molecular weight excluding hydrogens is 335 g/mol. The molecule has 1 saturated carbocycles. The molecule has 1 saturated heterocycles. The molecule has 0 N–H and O–H groups in total. The van der Waals surface area contributed by atoms with Gasteiger partial charge in [0.25, 0.3) is 11.8 Å². The van der Waals surface area contributed by atoms with Gasteiger partial charge in [0.1, 0.15) is 5.82 Å². The van der Waals surface area contributed by atoms with Crippen LogP contribution in [0, 0.1) is 11.7 Å². The van der Waals surface area contributed by atoms with E-state index in [1.54, 1.807) is 0 Å². The Balaban J connectivity index is 1.42. The number of likely N-dealkylation sites (tertiary alicyclic amines) is 1. The first-order chi connectivity index (χ1) is 12.6. The van der Waals surface area contributed by atoms with Crippen molar-refractivity contribution in [1.29, 1.82) is 0 Å². The Labute approximate surface area is 152 Å². The van der Waals surface area contributed by atoms with Gasteiger partial charge in [-0.2, -0.15) is 0 Å². The van der Waals surface area contributed by atoms with Gasteiger partial charge in [0.15, 0.2) is 0 Å². The zero-order chi connectivity index (χ0) is 18.3. The van der Waals surface area contributed by atoms with Gasteiger partial charge in [-0.1, -0.05) is 12.8 Å². The summed E-state index contributed by atoms with van der Waals surface area (Å²) >= 11 is 0. The van der Waals surface area contributed by atoms with Crippen molar-refractivity contribution in [3.63, 3.8) is 0 Å². The smallest absolute Gasteiger partial charge is 0.261 e. The number of amides is 3. The average molecular weight is 358 g/mol. The molecule has 1 aromatic carbocycles. The summed E-state index contributed by atoms with van der Waals surface area (Å²) in [7, 11) is 0. The third-order valence-electron chi connectivity index (χ3n) is 6.05. The van der Waals surface area contributed by atoms with Gasteiger partial charge < -0.3 is 4.90 Å². The van der Waals surface area contributed by atoms with E-state index < -0.39 is 17.6 Å². The van der Waals surface area contributed by atoms with E-state index in [1.807, 2.05) is 4.90 Å². The maximum absolute atomic E-state index is 13.4. The van der Waals surface area contributed by atoms with Crippen LogP contribution in [-0.4, -0.2) is 46.7 Å². The van der Waals surface area contributed by atoms with Crippen molar-refractivity contribution < 1.29 is 18.8 Å². The Kier molecular flexibility index (Phi) is 4.51. The fourth-order valence-electron chi connectivity index (χ4n) is 4.75. The number of benzene rings is 1. The van der Waals surface area contributed by atoms with Gasteiger partial charge in [-0.25, -0.2) is 4.39 Å². The highest BCUT2D eigenvalue weighted by Gasteiger charge is 2.38. The lowest BCUT2D eigenvalue weighted by atomic mass is 9.78. The average Bonchev–Trinajstić information content (AvgIpc) is 2.89. The van der Waals surface area contributed by atoms with Crippen LogP contribution in [0.3, 0.4) is 0 Å². The number of imide groups is 1. The van der Waals surface area contributed by atoms with Gasteiger partial charge in [0, 0.05) is 25.6 Å². The molecule has 3 amide bonds. The molecule has 0 radical (unpaired) electrons. The molecule has 2 unspecified atom stereocenters. The molecule has 4 rings (SSSR count). The predicted octanol–water partition coefficient (Wildman–Crippen LogP) is 2.99. The molecular formula is C20H23FN2O3. The van der Waals surface area contributed by atoms with Crippen molar-refractivity contribution in [3.05, 3.63) is 35.1 Å². The number of carbonyl (C=O) groups is 3. The van der Waals surface area contributed by atoms with E-state index in [1.165, 1.54) is 31.4 Å². The van der Waals surface area contributed by atoms with Crippen LogP contribution in [0.15, 0.2) is 18.2 Å². The maximum Gasteiger partial charge on any atom is 0.261 e. The topological polar surface area (TPSA) is 57.7 Å². The molecule has 26 heavy (non-hydrogen) atoms. The molecule has 0 aromatic heterocycles. The second-order valence-corrected chi connectivity index (χ2v) is 7.54. The Morgan fingerprint density at radius 1 is 1.04 bits per heavy atom. The Hall–Kier alpha value is -2.24. The quantitative estimate of drug-likeness (QED) is 0.781. The molecule has 1 aliphatic carbocycles. The minimum atomic E-state index is -0.542. The standard InChI is InChI=1S/C20H23FN2O3/c21-14-7-8-15-16(12-14)20(26)23(19(15)25)11-9-18(24)22-10-3-5-13-4-1-2-6-17(13)22/h7-8,12-13,17H,1-6,9-11H2. The number of rotatable bonds is 3. The van der Waals surface area contributed by atoms with E-state index in [4.69, 9.17) is 0 Å². The van der Waals surface area contributed by atoms with Gasteiger partial charge in [0.2, 0.25) is 5.91 Å². The normalized spacial score (nSPS) is 25.3. The minimum absolute atomic E-state index is 0.0179. The second-order valence-electron chi connectivity index (χ2n) is 7.54. The molecule has 6 heteroatoms. The summed E-state index contributed by atoms with van der Waals surface area (Å²) in [5.41, 5.74) is 0.307. The lowest BCUT2D eigenvalue weighted by Crippen LogP contribution is -2.50. The number of hydrogen-bond acceptors (Lipinski definition) is 3. The summed E-state index contributed by atoms with van der Waals surface area (Å²) in [6.45, 7) is 0.827. The van der Waals surface area contributed by atoms with Crippen molar-refractivity contribution >= 4 is 17.7 Å². The highest BCUT2D eigenvalue weighted by Crippen LogP contribution is 2.35. The molecule has 2 aliphatic heterocycles. The van der Waals surface area contributed by atoms with E-state index in [0.29, 0.717) is 12.0 Å². The van der Waals surface area contributed by atoms with Crippen LogP contribution in [-0.2, 0) is 4.79 Å². The van der Waals surface area contributed by atoms with Gasteiger partial charge in [0.05, 0.1) is 11.1 Å². The third-order valence-corrected chi connectivity index (χ3v) is 6.05. The van der Waals surface area contributed by atoms with E-state index in [-0.39, 0.29) is 30.0 Å². The summed E-state index contributed by atoms with van der Waals surface area (Å²) in [6, 6.07) is 3.93. The summed E-state index contributed by atoms with van der Waals surface area (Å²) in [4.78, 5) is 40.6. The largest absolute Gasteiger partial charge is 0.339 e. The van der Waals surface area contributed by atoms with E-state index in [9.17, 15) is 18.8 Å². The van der Waals surface area contributed by atoms with Crippen molar-refractivity contribution in [2.75, 3.05) is 13.1 Å². The fourth-order valence-corrected chi connectivity index (χ4v) is 4.75. The van der Waals surface area contributed by atoms with E-state index in [0.717, 1.165) is 36.8 Å². The van der Waals surface area contributed by atoms with Crippen LogP contribution in [0.2, 0.25) is 0 Å². The molecule has 138 valence electrons. The second kappa shape index (κ2) is 6.82. The molecule has 2 fully saturated rings. The van der Waals surface area contributed by atoms with Gasteiger partial charge in [-0.3, -0.25) is 19.3 Å². The Morgan fingerprint density at radius 2 is 1.77 bits per heavy atom. The number of halogens is 1. The number of piperidine rings is 1. The minimum Gasteiger partial charge on any atom is -0.339 e. The van der Waals surface area contributed by atoms with Gasteiger partial charge >= 0.3 is 0 Å². The summed E-state index contributed by atoms with van der Waals surface area (Å²) < 4.78 is 13.4. The van der Waals surface area contributed by atoms with E-state index in [2.05, 4.69) is 0 Å². The molecule has 1 aromatic rings. The summed E-state index contributed by atoms with van der Waals surface area (Å²) in [5, 5.41) is 0. The highest BCUT2D eigenvalue weighted by atomic mass is 19.1. The third kappa shape index (κ3) is 2.91. The number of hydrogen-bond donors (Lipinski definition) is 0. The predicted molar refractivity (Wildman–Crippen MR) is 93.1 cm³/mol. The van der Waals surface area contributed by atoms with Crippen LogP contribution in [0.4, 0.5) is 4.39 Å². The number of nitrogens with zero attached hydrogens (tertiary/aromatic N) is 2. The molecule has 2 heterocycles. The maximum atomic E-state index is 13.4. The van der Waals surface area contributed by atoms with Gasteiger partial charge in [-0.05, 0) is 49.8 Å². The summed E-state index contributed by atoms with van der Waals surface area (Å²) in [5.74, 6) is -0.869. The fraction of sp³-hybridized carbons (Fsp3) is 0.550. The zero-order valence-corrected chi connectivity index (χ0v) is 14.7. The number of carbonyl (C=O) groups excluding carboxylic acids is 3. The highest BCUT2D eigenvalue weighted by molar-refractivity contribution is 6.21. The Morgan fingerprint density at radius 3 is 2.62 bits per heavy atom. The van der Waals surface area contributed by atoms with Crippen LogP contribution < -0.4 is 0 Å². The molecule has 0 spiro atoms. The number of fused-ring (bicyclic) bond motifs is 2. The van der Waals surface area contributed by atoms with Crippen LogP contribution in [0.25, 0.3) is 0 Å². The van der Waals surface area contributed by atoms with E-state index >= 15 is 0 Å². The van der Waals surface area contributed by atoms with Crippen LogP contribution in [0.5, 0.6) is 0 Å². The molecule has 3 aliphatic rings. The lowest BCUT2D eigenvalue weighted by Gasteiger charge is -2.44. The van der Waals surface area contributed by atoms with Crippen molar-refractivity contribution in [2.24, 2.45) is 5.92 Å². The first-order valence-corrected chi connectivity index (χ1v) is 9.51. The molecule has 5 nitrogen and oxygen atoms in total. The van der Waals surface area contributed by atoms with Crippen LogP contribution in [0.1, 0.15) is 65.7 Å². The zero-order valence-electron chi connectivity index (χ0n) is 14.7. The van der Waals surface area contributed by atoms with Crippen molar-refractivity contribution in [2.45, 2.75) is 51.0 Å². The molecule has 0 bridgehead atoms. The molecule has 2 atom stereocenters. The SMILES string of the molecule is O=C1c2ccc(F)cc2C(=O)N1CCC(=O)N1CCCC2CCCCC21. The summed E-state index contributed by atoms with van der Waals surface area (Å²) in [6.07, 6.45) is 7.01. The van der Waals surface area contributed by atoms with Gasteiger partial charge in [-0.15, -0.1) is 0 Å². The van der Waals surface area contributed by atoms with Crippen molar-refractivity contribution in [3.8, 4) is 0 Å². The lowest BCUT2D eigenvalue weighted by molar-refractivity contribution is -0.137. The first-order valence-electron chi connectivity index (χ1n) is 9.51.